The van der Waals surface area contributed by atoms with Gasteiger partial charge in [-0.25, -0.2) is 14.8 Å². The third kappa shape index (κ3) is 11.3. The summed E-state index contributed by atoms with van der Waals surface area (Å²) < 4.78 is 64.3. The van der Waals surface area contributed by atoms with Gasteiger partial charge in [0.15, 0.2) is 11.9 Å². The molecule has 1 aliphatic heterocycles. The zero-order chi connectivity index (χ0) is 42.8. The molecule has 1 aromatic carbocycles. The van der Waals surface area contributed by atoms with Gasteiger partial charge in [-0.3, -0.25) is 33.5 Å². The number of hydrogen-bond acceptors (Lipinski definition) is 14. The number of fused-ring (bicyclic) bond motifs is 1. The number of aryl methyl sites for hydroxylation is 3. The summed E-state index contributed by atoms with van der Waals surface area (Å²) in [7, 11) is 3.27. The van der Waals surface area contributed by atoms with Crippen LogP contribution >= 0.6 is 0 Å². The first-order chi connectivity index (χ1) is 28.8. The van der Waals surface area contributed by atoms with E-state index in [0.29, 0.717) is 49.6 Å². The van der Waals surface area contributed by atoms with Crippen LogP contribution in [-0.4, -0.2) is 111 Å². The van der Waals surface area contributed by atoms with Crippen LogP contribution in [0.4, 0.5) is 24.7 Å². The second-order valence-corrected chi connectivity index (χ2v) is 13.8. The van der Waals surface area contributed by atoms with Crippen molar-refractivity contribution in [2.45, 2.75) is 44.1 Å². The molecule has 2 unspecified atom stereocenters. The lowest BCUT2D eigenvalue weighted by molar-refractivity contribution is -0.135. The Labute approximate surface area is 340 Å². The molecule has 6 rings (SSSR count). The average molecular weight is 843 g/mol. The van der Waals surface area contributed by atoms with Gasteiger partial charge in [0.05, 0.1) is 49.8 Å². The Balaban J connectivity index is 0.834. The molecular weight excluding hydrogens is 797 g/mol. The highest BCUT2D eigenvalue weighted by molar-refractivity contribution is 6.00. The molecule has 0 bridgehead atoms. The van der Waals surface area contributed by atoms with E-state index in [9.17, 15) is 37.5 Å². The third-order valence-electron chi connectivity index (χ3n) is 9.32. The molecule has 5 heterocycles. The highest BCUT2D eigenvalue weighted by Crippen LogP contribution is 2.27. The molecule has 1 saturated heterocycles. The van der Waals surface area contributed by atoms with Crippen LogP contribution < -0.4 is 27.0 Å². The molecule has 22 heteroatoms. The van der Waals surface area contributed by atoms with Crippen LogP contribution in [-0.2, 0) is 44.3 Å². The molecule has 3 amide bonds. The number of nitrogens with zero attached hydrogens (tertiary/aromatic N) is 6. The first-order valence-electron chi connectivity index (χ1n) is 19.0. The second-order valence-electron chi connectivity index (χ2n) is 13.8. The number of rotatable bonds is 21. The summed E-state index contributed by atoms with van der Waals surface area (Å²) in [5.41, 5.74) is 2.65. The van der Waals surface area contributed by atoms with Crippen molar-refractivity contribution >= 4 is 40.3 Å². The van der Waals surface area contributed by atoms with Gasteiger partial charge >= 0.3 is 11.9 Å². The fraction of sp³-hybridized carbons (Fsp3) is 0.447. The van der Waals surface area contributed by atoms with Gasteiger partial charge in [-0.1, -0.05) is 6.07 Å². The number of aromatic nitrogens is 6. The summed E-state index contributed by atoms with van der Waals surface area (Å²) >= 11 is 0. The number of halogens is 3. The van der Waals surface area contributed by atoms with E-state index in [4.69, 9.17) is 18.6 Å². The van der Waals surface area contributed by atoms with E-state index in [1.165, 1.54) is 44.6 Å². The predicted octanol–water partition coefficient (Wildman–Crippen LogP) is 2.59. The van der Waals surface area contributed by atoms with Crippen molar-refractivity contribution in [3.63, 3.8) is 0 Å². The first-order valence-corrected chi connectivity index (χ1v) is 19.0. The SMILES string of the molecule is Cn1cc(NC(O)c2coc(-c3ccnc(NCC(F)(F)F)c3)n2)c(C(=O)NCCOCCOCCOCCCc2ccc3c(c2)n(C)c(=O)n3C2CCC(=O)NC2=O)n1. The summed E-state index contributed by atoms with van der Waals surface area (Å²) in [5.74, 6) is -1.33. The molecule has 19 nitrogen and oxygen atoms in total. The van der Waals surface area contributed by atoms with Gasteiger partial charge in [0.25, 0.3) is 5.91 Å². The standard InChI is InChI=1S/C38H45F3N10O9/c1-49-20-25(45-33(53)26-21-60-36(46-26)24-9-10-42-30(19-24)44-22-38(39,40)41)32(48-49)35(55)43-11-13-58-15-17-59-16-14-57-12-3-4-23-5-6-27-29(18-23)50(2)37(56)51(27)28-7-8-31(52)47-34(28)54/h5-6,9-10,18-21,28,33,45,53H,3-4,7-8,11-17,22H2,1-2H3,(H,42,44)(H,43,55)(H,47,52,54). The maximum Gasteiger partial charge on any atom is 0.405 e. The number of anilines is 2. The number of pyridine rings is 1. The van der Waals surface area contributed by atoms with Crippen LogP contribution in [0.1, 0.15) is 53.3 Å². The number of imidazole rings is 1. The van der Waals surface area contributed by atoms with Gasteiger partial charge in [-0.05, 0) is 49.1 Å². The number of ether oxygens (including phenoxy) is 3. The maximum atomic E-state index is 13.0. The number of amides is 3. The van der Waals surface area contributed by atoms with Crippen molar-refractivity contribution in [3.8, 4) is 11.5 Å². The van der Waals surface area contributed by atoms with Gasteiger partial charge in [-0.15, -0.1) is 0 Å². The Morgan fingerprint density at radius 3 is 2.53 bits per heavy atom. The van der Waals surface area contributed by atoms with Gasteiger partial charge in [0, 0.05) is 51.6 Å². The average Bonchev–Trinajstić information content (AvgIpc) is 3.92. The second kappa shape index (κ2) is 19.8. The van der Waals surface area contributed by atoms with E-state index in [1.54, 1.807) is 14.1 Å². The number of nitrogens with one attached hydrogen (secondary N) is 4. The number of carbonyl (C=O) groups is 3. The number of aliphatic hydroxyl groups excluding tert-OH is 1. The van der Waals surface area contributed by atoms with Crippen LogP contribution in [0.3, 0.4) is 0 Å². The summed E-state index contributed by atoms with van der Waals surface area (Å²) in [6.45, 7) is 0.988. The third-order valence-corrected chi connectivity index (χ3v) is 9.32. The quantitative estimate of drug-likeness (QED) is 0.0407. The van der Waals surface area contributed by atoms with Crippen molar-refractivity contribution in [1.29, 1.82) is 0 Å². The Bertz CT molecular complexity index is 2340. The van der Waals surface area contributed by atoms with Gasteiger partial charge in [0.1, 0.15) is 30.4 Å². The van der Waals surface area contributed by atoms with Crippen LogP contribution in [0.15, 0.2) is 58.2 Å². The number of aliphatic hydroxyl groups is 1. The van der Waals surface area contributed by atoms with Crippen molar-refractivity contribution in [1.82, 2.24) is 39.5 Å². The number of benzene rings is 1. The lowest BCUT2D eigenvalue weighted by Crippen LogP contribution is -2.44. The molecule has 4 aromatic heterocycles. The van der Waals surface area contributed by atoms with E-state index < -0.39 is 36.8 Å². The Morgan fingerprint density at radius 2 is 1.78 bits per heavy atom. The molecule has 60 heavy (non-hydrogen) atoms. The van der Waals surface area contributed by atoms with E-state index in [2.05, 4.69) is 36.3 Å². The van der Waals surface area contributed by atoms with Crippen LogP contribution in [0.5, 0.6) is 0 Å². The lowest BCUT2D eigenvalue weighted by atomic mass is 10.1. The van der Waals surface area contributed by atoms with E-state index >= 15 is 0 Å². The summed E-state index contributed by atoms with van der Waals surface area (Å²) in [5, 5.41) is 24.9. The van der Waals surface area contributed by atoms with Crippen LogP contribution in [0, 0.1) is 0 Å². The van der Waals surface area contributed by atoms with E-state index in [1.807, 2.05) is 18.2 Å². The van der Waals surface area contributed by atoms with Gasteiger partial charge in [0.2, 0.25) is 17.7 Å². The first kappa shape index (κ1) is 43.5. The normalized spacial score (nSPS) is 15.0. The smallest absolute Gasteiger partial charge is 0.405 e. The van der Waals surface area contributed by atoms with E-state index in [-0.39, 0.29) is 66.4 Å². The Hall–Kier alpha value is -6.10. The number of alkyl halides is 3. The number of hydrogen-bond donors (Lipinski definition) is 5. The monoisotopic (exact) mass is 842 g/mol. The molecule has 5 N–H and O–H groups in total. The Kier molecular flexibility index (Phi) is 14.3. The zero-order valence-corrected chi connectivity index (χ0v) is 32.8. The fourth-order valence-electron chi connectivity index (χ4n) is 6.41. The van der Waals surface area contributed by atoms with Gasteiger partial charge < -0.3 is 39.7 Å². The summed E-state index contributed by atoms with van der Waals surface area (Å²) in [6, 6.07) is 7.78. The predicted molar refractivity (Wildman–Crippen MR) is 208 cm³/mol. The van der Waals surface area contributed by atoms with Gasteiger partial charge in [-0.2, -0.15) is 18.3 Å². The molecule has 322 valence electrons. The number of carbonyl (C=O) groups excluding carboxylic acids is 3. The summed E-state index contributed by atoms with van der Waals surface area (Å²) in [6.07, 6.45) is 0.0363. The molecule has 1 aliphatic rings. The fourth-order valence-corrected chi connectivity index (χ4v) is 6.41. The Morgan fingerprint density at radius 1 is 1.03 bits per heavy atom. The molecule has 0 aliphatic carbocycles. The lowest BCUT2D eigenvalue weighted by Gasteiger charge is -2.21. The van der Waals surface area contributed by atoms with Crippen molar-refractivity contribution < 1.29 is 51.3 Å². The minimum atomic E-state index is -4.43. The number of imide groups is 1. The molecule has 2 atom stereocenters. The van der Waals surface area contributed by atoms with E-state index in [0.717, 1.165) is 18.4 Å². The minimum Gasteiger partial charge on any atom is -0.444 e. The highest BCUT2D eigenvalue weighted by Gasteiger charge is 2.31. The van der Waals surface area contributed by atoms with Crippen molar-refractivity contribution in [2.75, 3.05) is 63.4 Å². The topological polar surface area (TPSA) is 231 Å². The minimum absolute atomic E-state index is 0.00728. The highest BCUT2D eigenvalue weighted by atomic mass is 19.4. The molecule has 0 saturated carbocycles. The number of piperidine rings is 1. The summed E-state index contributed by atoms with van der Waals surface area (Å²) in [4.78, 5) is 57.9. The zero-order valence-electron chi connectivity index (χ0n) is 32.8. The maximum absolute atomic E-state index is 13.0. The largest absolute Gasteiger partial charge is 0.444 e. The molecular formula is C38H45F3N10O9. The molecule has 1 fully saturated rings. The molecule has 0 spiro atoms. The number of oxazole rings is 1. The van der Waals surface area contributed by atoms with Crippen molar-refractivity contribution in [2.24, 2.45) is 14.1 Å². The van der Waals surface area contributed by atoms with Crippen LogP contribution in [0.25, 0.3) is 22.5 Å². The van der Waals surface area contributed by atoms with Crippen molar-refractivity contribution in [3.05, 3.63) is 76.4 Å². The molecule has 5 aromatic rings. The molecule has 0 radical (unpaired) electrons. The van der Waals surface area contributed by atoms with Crippen LogP contribution in [0.2, 0.25) is 0 Å².